The van der Waals surface area contributed by atoms with E-state index in [9.17, 15) is 4.79 Å². The fourth-order valence-corrected chi connectivity index (χ4v) is 2.02. The normalized spacial score (nSPS) is 15.3. The summed E-state index contributed by atoms with van der Waals surface area (Å²) in [6.45, 7) is 0. The monoisotopic (exact) mass is 328 g/mol. The summed E-state index contributed by atoms with van der Waals surface area (Å²) in [5.74, 6) is 0.373. The Bertz CT molecular complexity index is 585. The third kappa shape index (κ3) is 1.66. The first-order chi connectivity index (χ1) is 7.75. The number of halogens is 1. The standard InChI is InChI=1S/C10H9IN4O/c11-7-5-13-15(6-7)9-10(16)14(4-3-12-9)8-1-2-8/h3-6,8H,1-2H2. The van der Waals surface area contributed by atoms with Crippen molar-refractivity contribution < 1.29 is 0 Å². The van der Waals surface area contributed by atoms with Gasteiger partial charge in [0, 0.05) is 24.6 Å². The minimum Gasteiger partial charge on any atom is -0.308 e. The van der Waals surface area contributed by atoms with E-state index in [1.54, 1.807) is 29.4 Å². The molecule has 0 aromatic carbocycles. The van der Waals surface area contributed by atoms with Gasteiger partial charge < -0.3 is 4.57 Å². The van der Waals surface area contributed by atoms with Crippen LogP contribution in [0.4, 0.5) is 0 Å². The van der Waals surface area contributed by atoms with Crippen LogP contribution in [0.3, 0.4) is 0 Å². The first-order valence-corrected chi connectivity index (χ1v) is 6.11. The van der Waals surface area contributed by atoms with E-state index in [2.05, 4.69) is 32.7 Å². The Labute approximate surface area is 105 Å². The van der Waals surface area contributed by atoms with Gasteiger partial charge >= 0.3 is 0 Å². The van der Waals surface area contributed by atoms with Crippen LogP contribution >= 0.6 is 22.6 Å². The van der Waals surface area contributed by atoms with Gasteiger partial charge in [0.1, 0.15) is 0 Å². The minimum absolute atomic E-state index is 0.0653. The molecule has 3 rings (SSSR count). The number of nitrogens with zero attached hydrogens (tertiary/aromatic N) is 4. The van der Waals surface area contributed by atoms with E-state index in [1.165, 1.54) is 4.68 Å². The number of hydrogen-bond acceptors (Lipinski definition) is 3. The molecule has 0 saturated heterocycles. The van der Waals surface area contributed by atoms with Crippen LogP contribution in [0.2, 0.25) is 0 Å². The van der Waals surface area contributed by atoms with Crippen molar-refractivity contribution in [2.24, 2.45) is 0 Å². The van der Waals surface area contributed by atoms with E-state index in [-0.39, 0.29) is 5.56 Å². The third-order valence-electron chi connectivity index (χ3n) is 2.56. The van der Waals surface area contributed by atoms with E-state index < -0.39 is 0 Å². The molecule has 0 unspecified atom stereocenters. The van der Waals surface area contributed by atoms with Gasteiger partial charge in [0.25, 0.3) is 5.56 Å². The molecule has 0 atom stereocenters. The average molecular weight is 328 g/mol. The summed E-state index contributed by atoms with van der Waals surface area (Å²) in [5, 5.41) is 4.10. The highest BCUT2D eigenvalue weighted by molar-refractivity contribution is 14.1. The molecule has 1 saturated carbocycles. The highest BCUT2D eigenvalue weighted by Gasteiger charge is 2.25. The Morgan fingerprint density at radius 2 is 2.25 bits per heavy atom. The van der Waals surface area contributed by atoms with Crippen LogP contribution in [-0.2, 0) is 0 Å². The zero-order valence-electron chi connectivity index (χ0n) is 8.38. The van der Waals surface area contributed by atoms with Crippen LogP contribution in [0, 0.1) is 3.57 Å². The second-order valence-corrected chi connectivity index (χ2v) is 5.04. The summed E-state index contributed by atoms with van der Waals surface area (Å²) < 4.78 is 4.26. The summed E-state index contributed by atoms with van der Waals surface area (Å²) in [4.78, 5) is 16.2. The summed E-state index contributed by atoms with van der Waals surface area (Å²) >= 11 is 2.15. The van der Waals surface area contributed by atoms with Crippen molar-refractivity contribution in [2.75, 3.05) is 0 Å². The Hall–Kier alpha value is -1.18. The van der Waals surface area contributed by atoms with E-state index in [1.807, 2.05) is 0 Å². The maximum atomic E-state index is 12.1. The molecular weight excluding hydrogens is 319 g/mol. The summed E-state index contributed by atoms with van der Waals surface area (Å²) in [7, 11) is 0. The van der Waals surface area contributed by atoms with Gasteiger partial charge in [-0.05, 0) is 35.4 Å². The molecule has 6 heteroatoms. The molecule has 2 aromatic rings. The van der Waals surface area contributed by atoms with Crippen LogP contribution in [0.25, 0.3) is 5.82 Å². The summed E-state index contributed by atoms with van der Waals surface area (Å²) in [6.07, 6.45) is 9.07. The molecule has 0 aliphatic heterocycles. The van der Waals surface area contributed by atoms with E-state index >= 15 is 0 Å². The molecule has 2 heterocycles. The van der Waals surface area contributed by atoms with E-state index in [4.69, 9.17) is 0 Å². The van der Waals surface area contributed by atoms with Crippen LogP contribution in [0.1, 0.15) is 18.9 Å². The zero-order valence-corrected chi connectivity index (χ0v) is 10.5. The molecule has 16 heavy (non-hydrogen) atoms. The first-order valence-electron chi connectivity index (χ1n) is 5.03. The molecule has 82 valence electrons. The molecule has 2 aromatic heterocycles. The fourth-order valence-electron chi connectivity index (χ4n) is 1.63. The Kier molecular flexibility index (Phi) is 2.31. The predicted octanol–water partition coefficient (Wildman–Crippen LogP) is 1.37. The van der Waals surface area contributed by atoms with Crippen LogP contribution in [0.15, 0.2) is 29.6 Å². The van der Waals surface area contributed by atoms with Crippen molar-refractivity contribution in [2.45, 2.75) is 18.9 Å². The van der Waals surface area contributed by atoms with Gasteiger partial charge in [0.15, 0.2) is 0 Å². The molecule has 0 spiro atoms. The number of rotatable bonds is 2. The molecule has 0 bridgehead atoms. The Morgan fingerprint density at radius 1 is 1.44 bits per heavy atom. The second-order valence-electron chi connectivity index (χ2n) is 3.80. The number of hydrogen-bond donors (Lipinski definition) is 0. The largest absolute Gasteiger partial charge is 0.308 e. The minimum atomic E-state index is -0.0653. The molecule has 1 aliphatic carbocycles. The van der Waals surface area contributed by atoms with Crippen LogP contribution in [0.5, 0.6) is 0 Å². The zero-order chi connectivity index (χ0) is 11.1. The van der Waals surface area contributed by atoms with Crippen LogP contribution in [-0.4, -0.2) is 19.3 Å². The van der Waals surface area contributed by atoms with Crippen molar-refractivity contribution in [1.82, 2.24) is 19.3 Å². The summed E-state index contributed by atoms with van der Waals surface area (Å²) in [6, 6.07) is 0.365. The Morgan fingerprint density at radius 3 is 2.88 bits per heavy atom. The lowest BCUT2D eigenvalue weighted by Gasteiger charge is -2.04. The van der Waals surface area contributed by atoms with E-state index in [0.29, 0.717) is 11.9 Å². The predicted molar refractivity (Wildman–Crippen MR) is 66.6 cm³/mol. The van der Waals surface area contributed by atoms with E-state index in [0.717, 1.165) is 16.4 Å². The third-order valence-corrected chi connectivity index (χ3v) is 3.12. The SMILES string of the molecule is O=c1c(-n2cc(I)cn2)nccn1C1CC1. The molecular formula is C10H9IN4O. The Balaban J connectivity index is 2.14. The number of aromatic nitrogens is 4. The van der Waals surface area contributed by atoms with Gasteiger partial charge in [-0.3, -0.25) is 4.79 Å². The molecule has 0 radical (unpaired) electrons. The fraction of sp³-hybridized carbons (Fsp3) is 0.300. The van der Waals surface area contributed by atoms with Crippen molar-refractivity contribution >= 4 is 22.6 Å². The van der Waals surface area contributed by atoms with Crippen molar-refractivity contribution in [1.29, 1.82) is 0 Å². The topological polar surface area (TPSA) is 52.7 Å². The first kappa shape index (κ1) is 10.0. The van der Waals surface area contributed by atoms with Gasteiger partial charge in [-0.15, -0.1) is 0 Å². The maximum absolute atomic E-state index is 12.1. The molecule has 1 fully saturated rings. The average Bonchev–Trinajstić information content (AvgIpc) is 3.02. The van der Waals surface area contributed by atoms with Gasteiger partial charge in [-0.2, -0.15) is 5.10 Å². The lowest BCUT2D eigenvalue weighted by atomic mass is 10.5. The van der Waals surface area contributed by atoms with Crippen LogP contribution < -0.4 is 5.56 Å². The molecule has 1 aliphatic rings. The molecule has 5 nitrogen and oxygen atoms in total. The molecule has 0 N–H and O–H groups in total. The maximum Gasteiger partial charge on any atom is 0.295 e. The summed E-state index contributed by atoms with van der Waals surface area (Å²) in [5.41, 5.74) is -0.0653. The van der Waals surface area contributed by atoms with Crippen molar-refractivity contribution in [3.05, 3.63) is 38.7 Å². The van der Waals surface area contributed by atoms with Gasteiger partial charge in [-0.25, -0.2) is 9.67 Å². The smallest absolute Gasteiger partial charge is 0.295 e. The second kappa shape index (κ2) is 3.69. The van der Waals surface area contributed by atoms with Gasteiger partial charge in [-0.1, -0.05) is 0 Å². The quantitative estimate of drug-likeness (QED) is 0.783. The van der Waals surface area contributed by atoms with Gasteiger partial charge in [0.05, 0.1) is 9.77 Å². The lowest BCUT2D eigenvalue weighted by Crippen LogP contribution is -2.24. The highest BCUT2D eigenvalue weighted by atomic mass is 127. The van der Waals surface area contributed by atoms with Gasteiger partial charge in [0.2, 0.25) is 5.82 Å². The molecule has 0 amide bonds. The highest BCUT2D eigenvalue weighted by Crippen LogP contribution is 2.33. The van der Waals surface area contributed by atoms with Crippen molar-refractivity contribution in [3.8, 4) is 5.82 Å². The van der Waals surface area contributed by atoms with Crippen molar-refractivity contribution in [3.63, 3.8) is 0 Å². The lowest BCUT2D eigenvalue weighted by molar-refractivity contribution is 0.677.